The minimum absolute atomic E-state index is 0.248. The van der Waals surface area contributed by atoms with Crippen LogP contribution in [0, 0.1) is 0 Å². The summed E-state index contributed by atoms with van der Waals surface area (Å²) >= 11 is 0. The number of benzene rings is 2. The Labute approximate surface area is 157 Å². The van der Waals surface area contributed by atoms with E-state index >= 15 is 0 Å². The largest absolute Gasteiger partial charge is 0.497 e. The second kappa shape index (κ2) is 6.56. The van der Waals surface area contributed by atoms with Crippen molar-refractivity contribution in [1.29, 1.82) is 0 Å². The zero-order chi connectivity index (χ0) is 19.9. The Hall–Kier alpha value is -3.55. The summed E-state index contributed by atoms with van der Waals surface area (Å²) in [5.74, 6) is 0.660. The van der Waals surface area contributed by atoms with Gasteiger partial charge in [-0.1, -0.05) is 12.1 Å². The second-order valence-corrected chi connectivity index (χ2v) is 6.13. The van der Waals surface area contributed by atoms with Gasteiger partial charge in [-0.05, 0) is 42.0 Å². The van der Waals surface area contributed by atoms with Gasteiger partial charge in [-0.3, -0.25) is 9.89 Å². The Morgan fingerprint density at radius 2 is 1.79 bits per heavy atom. The van der Waals surface area contributed by atoms with E-state index in [0.29, 0.717) is 28.1 Å². The number of rotatable bonds is 3. The van der Waals surface area contributed by atoms with Crippen LogP contribution in [-0.4, -0.2) is 21.7 Å². The molecule has 28 heavy (non-hydrogen) atoms. The van der Waals surface area contributed by atoms with Crippen molar-refractivity contribution in [3.05, 3.63) is 76.7 Å². The number of alkyl halides is 3. The van der Waals surface area contributed by atoms with E-state index in [1.165, 1.54) is 22.8 Å². The molecule has 2 aromatic carbocycles. The van der Waals surface area contributed by atoms with Crippen molar-refractivity contribution in [3.8, 4) is 28.1 Å². The summed E-state index contributed by atoms with van der Waals surface area (Å²) in [5.41, 5.74) is 0.938. The average Bonchev–Trinajstić information content (AvgIpc) is 3.12. The van der Waals surface area contributed by atoms with Gasteiger partial charge in [-0.15, -0.1) is 0 Å². The minimum Gasteiger partial charge on any atom is -0.497 e. The van der Waals surface area contributed by atoms with Crippen molar-refractivity contribution < 1.29 is 17.9 Å². The van der Waals surface area contributed by atoms with E-state index in [2.05, 4.69) is 10.1 Å². The molecule has 0 radical (unpaired) electrons. The molecule has 8 heteroatoms. The van der Waals surface area contributed by atoms with Crippen LogP contribution in [0.5, 0.6) is 5.75 Å². The highest BCUT2D eigenvalue weighted by molar-refractivity contribution is 5.78. The number of aromatic amines is 1. The Balaban J connectivity index is 1.87. The fourth-order valence-electron chi connectivity index (χ4n) is 2.97. The number of nitrogens with one attached hydrogen (secondary N) is 1. The molecule has 2 heterocycles. The number of nitrogens with zero attached hydrogens (tertiary/aromatic N) is 2. The van der Waals surface area contributed by atoms with Gasteiger partial charge in [0.1, 0.15) is 5.75 Å². The van der Waals surface area contributed by atoms with E-state index in [9.17, 15) is 18.0 Å². The number of aromatic nitrogens is 3. The molecule has 0 spiro atoms. The SMILES string of the molecule is COc1ccc(-c2cc(=O)n3[nH]cc(-c4cccc(C(F)(F)F)c4)c3n2)cc1. The lowest BCUT2D eigenvalue weighted by Crippen LogP contribution is -2.14. The number of H-pyrrole nitrogens is 1. The number of fused-ring (bicyclic) bond motifs is 1. The Kier molecular flexibility index (Phi) is 4.18. The van der Waals surface area contributed by atoms with Gasteiger partial charge >= 0.3 is 6.18 Å². The molecule has 0 atom stereocenters. The monoisotopic (exact) mass is 385 g/mol. The molecule has 0 amide bonds. The molecule has 0 bridgehead atoms. The summed E-state index contributed by atoms with van der Waals surface area (Å²) in [6.45, 7) is 0. The topological polar surface area (TPSA) is 59.4 Å². The van der Waals surface area contributed by atoms with E-state index in [1.807, 2.05) is 0 Å². The summed E-state index contributed by atoms with van der Waals surface area (Å²) in [5, 5.41) is 2.75. The normalized spacial score (nSPS) is 11.7. The lowest BCUT2D eigenvalue weighted by molar-refractivity contribution is -0.137. The quantitative estimate of drug-likeness (QED) is 0.569. The smallest absolute Gasteiger partial charge is 0.416 e. The molecule has 0 aliphatic carbocycles. The van der Waals surface area contributed by atoms with Crippen LogP contribution in [0.4, 0.5) is 13.2 Å². The molecule has 4 rings (SSSR count). The van der Waals surface area contributed by atoms with Crippen LogP contribution in [0.2, 0.25) is 0 Å². The summed E-state index contributed by atoms with van der Waals surface area (Å²) in [6.07, 6.45) is -2.99. The van der Waals surface area contributed by atoms with Gasteiger partial charge in [0, 0.05) is 23.4 Å². The number of methoxy groups -OCH3 is 1. The van der Waals surface area contributed by atoms with Gasteiger partial charge in [0.15, 0.2) is 5.65 Å². The third-order valence-corrected chi connectivity index (χ3v) is 4.38. The van der Waals surface area contributed by atoms with Crippen LogP contribution >= 0.6 is 0 Å². The first-order chi connectivity index (χ1) is 13.4. The van der Waals surface area contributed by atoms with Crippen molar-refractivity contribution in [2.24, 2.45) is 0 Å². The average molecular weight is 385 g/mol. The molecule has 0 unspecified atom stereocenters. The van der Waals surface area contributed by atoms with E-state index in [-0.39, 0.29) is 11.2 Å². The maximum absolute atomic E-state index is 13.0. The molecule has 5 nitrogen and oxygen atoms in total. The molecule has 0 saturated carbocycles. The Morgan fingerprint density at radius 3 is 2.46 bits per heavy atom. The molecule has 0 aliphatic rings. The van der Waals surface area contributed by atoms with Gasteiger partial charge in [-0.25, -0.2) is 9.50 Å². The first-order valence-electron chi connectivity index (χ1n) is 8.30. The van der Waals surface area contributed by atoms with Crippen molar-refractivity contribution in [3.63, 3.8) is 0 Å². The van der Waals surface area contributed by atoms with Crippen LogP contribution in [0.3, 0.4) is 0 Å². The van der Waals surface area contributed by atoms with Gasteiger partial charge in [0.25, 0.3) is 5.56 Å². The second-order valence-electron chi connectivity index (χ2n) is 6.13. The van der Waals surface area contributed by atoms with Crippen LogP contribution in [0.25, 0.3) is 28.0 Å². The van der Waals surface area contributed by atoms with Crippen LogP contribution in [0.15, 0.2) is 65.6 Å². The third kappa shape index (κ3) is 3.13. The molecular formula is C20H14F3N3O2. The maximum atomic E-state index is 13.0. The molecule has 0 saturated heterocycles. The fraction of sp³-hybridized carbons (Fsp3) is 0.100. The zero-order valence-electron chi connectivity index (χ0n) is 14.6. The molecule has 0 aliphatic heterocycles. The first kappa shape index (κ1) is 17.8. The third-order valence-electron chi connectivity index (χ3n) is 4.38. The predicted molar refractivity (Wildman–Crippen MR) is 98.2 cm³/mol. The standard InChI is InChI=1S/C20H14F3N3O2/c1-28-15-7-5-12(6-8-15)17-10-18(27)26-19(25-17)16(11-24-26)13-3-2-4-14(9-13)20(21,22)23/h2-11,24H,1H3. The molecule has 4 aromatic rings. The van der Waals surface area contributed by atoms with Crippen molar-refractivity contribution in [2.45, 2.75) is 6.18 Å². The summed E-state index contributed by atoms with van der Waals surface area (Å²) in [7, 11) is 1.55. The van der Waals surface area contributed by atoms with Crippen LogP contribution in [-0.2, 0) is 6.18 Å². The van der Waals surface area contributed by atoms with E-state index in [0.717, 1.165) is 12.1 Å². The van der Waals surface area contributed by atoms with Crippen molar-refractivity contribution >= 4 is 5.65 Å². The van der Waals surface area contributed by atoms with Crippen LogP contribution in [0.1, 0.15) is 5.56 Å². The minimum atomic E-state index is -4.46. The molecule has 1 N–H and O–H groups in total. The summed E-state index contributed by atoms with van der Waals surface area (Å²) < 4.78 is 45.5. The lowest BCUT2D eigenvalue weighted by atomic mass is 10.1. The summed E-state index contributed by atoms with van der Waals surface area (Å²) in [6, 6.07) is 13.3. The predicted octanol–water partition coefficient (Wildman–Crippen LogP) is 4.38. The number of hydrogen-bond donors (Lipinski definition) is 1. The van der Waals surface area contributed by atoms with Crippen molar-refractivity contribution in [2.75, 3.05) is 7.11 Å². The molecular weight excluding hydrogens is 371 g/mol. The highest BCUT2D eigenvalue weighted by atomic mass is 19.4. The number of halogens is 3. The van der Waals surface area contributed by atoms with E-state index < -0.39 is 11.7 Å². The molecule has 2 aromatic heterocycles. The fourth-order valence-corrected chi connectivity index (χ4v) is 2.97. The molecule has 0 fully saturated rings. The highest BCUT2D eigenvalue weighted by Gasteiger charge is 2.30. The van der Waals surface area contributed by atoms with Crippen LogP contribution < -0.4 is 10.3 Å². The van der Waals surface area contributed by atoms with E-state index in [4.69, 9.17) is 4.74 Å². The zero-order valence-corrected chi connectivity index (χ0v) is 14.6. The highest BCUT2D eigenvalue weighted by Crippen LogP contribution is 2.33. The summed E-state index contributed by atoms with van der Waals surface area (Å²) in [4.78, 5) is 17.0. The van der Waals surface area contributed by atoms with Crippen molar-refractivity contribution in [1.82, 2.24) is 14.6 Å². The maximum Gasteiger partial charge on any atom is 0.416 e. The molecule has 142 valence electrons. The van der Waals surface area contributed by atoms with Gasteiger partial charge in [-0.2, -0.15) is 13.2 Å². The van der Waals surface area contributed by atoms with Gasteiger partial charge in [0.05, 0.1) is 18.4 Å². The first-order valence-corrected chi connectivity index (χ1v) is 8.30. The number of ether oxygens (including phenoxy) is 1. The van der Waals surface area contributed by atoms with E-state index in [1.54, 1.807) is 37.4 Å². The Morgan fingerprint density at radius 1 is 1.04 bits per heavy atom. The number of hydrogen-bond acceptors (Lipinski definition) is 3. The Bertz CT molecular complexity index is 1210. The lowest BCUT2D eigenvalue weighted by Gasteiger charge is -2.08. The van der Waals surface area contributed by atoms with Gasteiger partial charge in [0.2, 0.25) is 0 Å². The van der Waals surface area contributed by atoms with Gasteiger partial charge < -0.3 is 4.74 Å².